The van der Waals surface area contributed by atoms with Crippen molar-refractivity contribution in [2.24, 2.45) is 29.6 Å². The summed E-state index contributed by atoms with van der Waals surface area (Å²) < 4.78 is 27.5. The second-order valence-electron chi connectivity index (χ2n) is 8.34. The first-order valence-electron chi connectivity index (χ1n) is 9.53. The van der Waals surface area contributed by atoms with Crippen LogP contribution in [0.1, 0.15) is 71.6 Å². The lowest BCUT2D eigenvalue weighted by Crippen LogP contribution is -2.37. The molecule has 0 amide bonds. The Morgan fingerprint density at radius 2 is 1.59 bits per heavy atom. The highest BCUT2D eigenvalue weighted by Crippen LogP contribution is 2.44. The third kappa shape index (κ3) is 3.41. The maximum Gasteiger partial charge on any atom is 0.134 e. The van der Waals surface area contributed by atoms with Crippen molar-refractivity contribution in [3.63, 3.8) is 0 Å². The van der Waals surface area contributed by atoms with E-state index in [0.717, 1.165) is 30.6 Å². The van der Waals surface area contributed by atoms with Crippen LogP contribution in [0.4, 0.5) is 8.78 Å². The Kier molecular flexibility index (Phi) is 5.24. The van der Waals surface area contributed by atoms with Crippen molar-refractivity contribution in [2.75, 3.05) is 0 Å². The fraction of sp³-hybridized carbons (Fsp3) is 0.900. The molecule has 2 saturated carbocycles. The summed E-state index contributed by atoms with van der Waals surface area (Å²) in [4.78, 5) is 0. The van der Waals surface area contributed by atoms with Crippen LogP contribution in [0.2, 0.25) is 0 Å². The van der Waals surface area contributed by atoms with Crippen molar-refractivity contribution in [2.45, 2.75) is 84.0 Å². The van der Waals surface area contributed by atoms with Crippen molar-refractivity contribution in [3.8, 4) is 0 Å². The van der Waals surface area contributed by atoms with Crippen LogP contribution in [-0.2, 0) is 0 Å². The van der Waals surface area contributed by atoms with E-state index in [-0.39, 0.29) is 5.92 Å². The number of alkyl halides is 2. The van der Waals surface area contributed by atoms with Gasteiger partial charge in [0.1, 0.15) is 12.3 Å². The van der Waals surface area contributed by atoms with Crippen molar-refractivity contribution in [3.05, 3.63) is 11.6 Å². The van der Waals surface area contributed by atoms with Gasteiger partial charge in [0.2, 0.25) is 0 Å². The average Bonchev–Trinajstić information content (AvgIpc) is 2.54. The average molecular weight is 310 g/mol. The van der Waals surface area contributed by atoms with Crippen LogP contribution in [0.25, 0.3) is 0 Å². The lowest BCUT2D eigenvalue weighted by Gasteiger charge is -2.39. The van der Waals surface area contributed by atoms with Crippen LogP contribution >= 0.6 is 0 Å². The van der Waals surface area contributed by atoms with Gasteiger partial charge in [0.05, 0.1) is 0 Å². The molecule has 5 unspecified atom stereocenters. The molecule has 0 heterocycles. The molecule has 5 atom stereocenters. The van der Waals surface area contributed by atoms with Gasteiger partial charge in [-0.1, -0.05) is 38.3 Å². The topological polar surface area (TPSA) is 0 Å². The summed E-state index contributed by atoms with van der Waals surface area (Å²) in [6.45, 7) is 4.29. The third-order valence-corrected chi connectivity index (χ3v) is 6.93. The molecule has 2 heteroatoms. The van der Waals surface area contributed by atoms with Gasteiger partial charge in [-0.3, -0.25) is 0 Å². The molecule has 0 aliphatic heterocycles. The Balaban J connectivity index is 1.57. The van der Waals surface area contributed by atoms with Crippen LogP contribution in [0, 0.1) is 29.6 Å². The lowest BCUT2D eigenvalue weighted by atomic mass is 9.67. The molecule has 22 heavy (non-hydrogen) atoms. The highest BCUT2D eigenvalue weighted by atomic mass is 19.2. The van der Waals surface area contributed by atoms with Crippen LogP contribution in [0.15, 0.2) is 11.6 Å². The van der Waals surface area contributed by atoms with Gasteiger partial charge in [0.15, 0.2) is 0 Å². The van der Waals surface area contributed by atoms with Gasteiger partial charge in [-0.05, 0) is 74.5 Å². The zero-order valence-corrected chi connectivity index (χ0v) is 14.2. The van der Waals surface area contributed by atoms with Crippen molar-refractivity contribution in [1.82, 2.24) is 0 Å². The number of hydrogen-bond acceptors (Lipinski definition) is 0. The number of halogens is 2. The second kappa shape index (κ2) is 7.01. The van der Waals surface area contributed by atoms with Crippen molar-refractivity contribution >= 4 is 0 Å². The van der Waals surface area contributed by atoms with Gasteiger partial charge in [0.25, 0.3) is 0 Å². The molecule has 0 nitrogen and oxygen atoms in total. The fourth-order valence-electron chi connectivity index (χ4n) is 5.23. The summed E-state index contributed by atoms with van der Waals surface area (Å²) in [6, 6.07) is 0. The van der Waals surface area contributed by atoms with Crippen molar-refractivity contribution in [1.29, 1.82) is 0 Å². The Bertz CT molecular complexity index is 395. The predicted octanol–water partition coefficient (Wildman–Crippen LogP) is 6.26. The van der Waals surface area contributed by atoms with E-state index in [1.807, 2.05) is 6.92 Å². The van der Waals surface area contributed by atoms with Gasteiger partial charge in [-0.25, -0.2) is 8.78 Å². The fourth-order valence-corrected chi connectivity index (χ4v) is 5.23. The first-order valence-corrected chi connectivity index (χ1v) is 9.53. The summed E-state index contributed by atoms with van der Waals surface area (Å²) in [6.07, 6.45) is 10.4. The molecule has 0 aromatic heterocycles. The minimum absolute atomic E-state index is 0.137. The van der Waals surface area contributed by atoms with Crippen molar-refractivity contribution < 1.29 is 8.78 Å². The first-order chi connectivity index (χ1) is 10.6. The molecule has 0 aromatic carbocycles. The maximum absolute atomic E-state index is 14.0. The monoisotopic (exact) mass is 310 g/mol. The van der Waals surface area contributed by atoms with Gasteiger partial charge < -0.3 is 0 Å². The number of allylic oxidation sites excluding steroid dienone is 2. The minimum atomic E-state index is -1.25. The summed E-state index contributed by atoms with van der Waals surface area (Å²) in [5, 5.41) is 0. The van der Waals surface area contributed by atoms with Crippen LogP contribution in [0.5, 0.6) is 0 Å². The van der Waals surface area contributed by atoms with Crippen LogP contribution in [-0.4, -0.2) is 12.3 Å². The first kappa shape index (κ1) is 16.5. The van der Waals surface area contributed by atoms with E-state index in [1.54, 1.807) is 0 Å². The Morgan fingerprint density at radius 3 is 2.23 bits per heavy atom. The van der Waals surface area contributed by atoms with Crippen LogP contribution < -0.4 is 0 Å². The van der Waals surface area contributed by atoms with E-state index in [0.29, 0.717) is 12.3 Å². The summed E-state index contributed by atoms with van der Waals surface area (Å²) in [7, 11) is 0. The molecule has 126 valence electrons. The van der Waals surface area contributed by atoms with E-state index in [1.165, 1.54) is 44.1 Å². The molecular weight excluding hydrogens is 278 g/mol. The Hall–Kier alpha value is -0.400. The standard InChI is InChI=1S/C20H32F2/c1-13-3-5-15(6-4-13)16-7-9-17(10-8-16)18-11-12-19(21)20(22)14(18)2/h9,13-16,18-20H,3-8,10-12H2,1-2H3. The second-order valence-corrected chi connectivity index (χ2v) is 8.34. The van der Waals surface area contributed by atoms with Gasteiger partial charge in [-0.2, -0.15) is 0 Å². The normalized spacial score (nSPS) is 47.1. The molecule has 0 aromatic rings. The summed E-state index contributed by atoms with van der Waals surface area (Å²) in [5.41, 5.74) is 1.45. The minimum Gasteiger partial charge on any atom is -0.244 e. The van der Waals surface area contributed by atoms with Gasteiger partial charge in [-0.15, -0.1) is 0 Å². The molecule has 3 rings (SSSR count). The number of rotatable bonds is 2. The van der Waals surface area contributed by atoms with E-state index < -0.39 is 12.3 Å². The zero-order valence-electron chi connectivity index (χ0n) is 14.2. The smallest absolute Gasteiger partial charge is 0.134 e. The van der Waals surface area contributed by atoms with Crippen LogP contribution in [0.3, 0.4) is 0 Å². The highest BCUT2D eigenvalue weighted by molar-refractivity contribution is 5.14. The molecule has 0 saturated heterocycles. The molecule has 2 fully saturated rings. The molecule has 0 spiro atoms. The Labute approximate surface area is 134 Å². The van der Waals surface area contributed by atoms with Gasteiger partial charge >= 0.3 is 0 Å². The van der Waals surface area contributed by atoms with E-state index in [9.17, 15) is 8.78 Å². The highest BCUT2D eigenvalue weighted by Gasteiger charge is 2.39. The van der Waals surface area contributed by atoms with E-state index >= 15 is 0 Å². The SMILES string of the molecule is CC1CCC(C2CC=C(C3CCC(F)C(F)C3C)CC2)CC1. The van der Waals surface area contributed by atoms with Gasteiger partial charge in [0, 0.05) is 0 Å². The van der Waals surface area contributed by atoms with E-state index in [4.69, 9.17) is 0 Å². The Morgan fingerprint density at radius 1 is 0.864 bits per heavy atom. The molecule has 0 bridgehead atoms. The largest absolute Gasteiger partial charge is 0.244 e. The molecule has 0 radical (unpaired) electrons. The molecule has 0 N–H and O–H groups in total. The summed E-state index contributed by atoms with van der Waals surface area (Å²) in [5.74, 6) is 2.85. The van der Waals surface area contributed by atoms with E-state index in [2.05, 4.69) is 13.0 Å². The number of hydrogen-bond donors (Lipinski definition) is 0. The molecule has 3 aliphatic carbocycles. The molecular formula is C20H32F2. The maximum atomic E-state index is 14.0. The lowest BCUT2D eigenvalue weighted by molar-refractivity contribution is 0.0467. The quantitative estimate of drug-likeness (QED) is 0.528. The zero-order chi connectivity index (χ0) is 15.7. The molecule has 3 aliphatic rings. The predicted molar refractivity (Wildman–Crippen MR) is 88.2 cm³/mol. The third-order valence-electron chi connectivity index (χ3n) is 6.93. The summed E-state index contributed by atoms with van der Waals surface area (Å²) >= 11 is 0.